The van der Waals surface area contributed by atoms with Crippen LogP contribution >= 0.6 is 0 Å². The molecule has 3 rings (SSSR count). The van der Waals surface area contributed by atoms with Crippen LogP contribution in [0.4, 0.5) is 11.4 Å². The molecule has 0 amide bonds. The van der Waals surface area contributed by atoms with Gasteiger partial charge in [-0.1, -0.05) is 12.5 Å². The number of hydrogen-bond acceptors (Lipinski definition) is 3. The Morgan fingerprint density at radius 2 is 1.70 bits per heavy atom. The van der Waals surface area contributed by atoms with Gasteiger partial charge in [0.15, 0.2) is 0 Å². The number of likely N-dealkylation sites (tertiary alicyclic amines) is 1. The third-order valence-corrected chi connectivity index (χ3v) is 5.00. The first kappa shape index (κ1) is 13.7. The van der Waals surface area contributed by atoms with Gasteiger partial charge in [-0.15, -0.1) is 0 Å². The van der Waals surface area contributed by atoms with Crippen LogP contribution in [0.15, 0.2) is 18.2 Å². The summed E-state index contributed by atoms with van der Waals surface area (Å²) in [5.41, 5.74) is 9.43. The van der Waals surface area contributed by atoms with Crippen LogP contribution in [0.3, 0.4) is 0 Å². The average Bonchev–Trinajstić information content (AvgIpc) is 2.51. The number of benzene rings is 1. The van der Waals surface area contributed by atoms with Crippen molar-refractivity contribution in [3.63, 3.8) is 0 Å². The fourth-order valence-electron chi connectivity index (χ4n) is 3.60. The van der Waals surface area contributed by atoms with Crippen molar-refractivity contribution in [2.24, 2.45) is 0 Å². The summed E-state index contributed by atoms with van der Waals surface area (Å²) < 4.78 is 0. The van der Waals surface area contributed by atoms with Crippen LogP contribution < -0.4 is 10.6 Å². The van der Waals surface area contributed by atoms with E-state index in [9.17, 15) is 0 Å². The molecule has 2 heterocycles. The Bertz CT molecular complexity index is 444. The molecule has 0 unspecified atom stereocenters. The zero-order valence-electron chi connectivity index (χ0n) is 12.6. The highest BCUT2D eigenvalue weighted by atomic mass is 15.2. The molecule has 2 saturated heterocycles. The maximum absolute atomic E-state index is 6.04. The maximum Gasteiger partial charge on any atom is 0.0387 e. The number of anilines is 2. The van der Waals surface area contributed by atoms with Gasteiger partial charge >= 0.3 is 0 Å². The van der Waals surface area contributed by atoms with Crippen molar-refractivity contribution in [2.45, 2.75) is 45.1 Å². The minimum atomic E-state index is 0.814. The quantitative estimate of drug-likeness (QED) is 0.841. The number of nitrogens with zero attached hydrogens (tertiary/aromatic N) is 2. The molecule has 3 nitrogen and oxygen atoms in total. The summed E-state index contributed by atoms with van der Waals surface area (Å²) in [5.74, 6) is 0. The van der Waals surface area contributed by atoms with Crippen molar-refractivity contribution >= 4 is 11.4 Å². The van der Waals surface area contributed by atoms with E-state index in [4.69, 9.17) is 5.73 Å². The third-order valence-electron chi connectivity index (χ3n) is 5.00. The lowest BCUT2D eigenvalue weighted by Gasteiger charge is -2.41. The van der Waals surface area contributed by atoms with E-state index in [0.29, 0.717) is 0 Å². The van der Waals surface area contributed by atoms with Crippen LogP contribution in [-0.2, 0) is 0 Å². The standard InChI is InChI=1S/C17H27N3/c1-14-5-6-16(13-17(14)18)20-11-7-15(8-12-20)19-9-3-2-4-10-19/h5-6,13,15H,2-4,7-12,18H2,1H3. The first-order chi connectivity index (χ1) is 9.74. The Hall–Kier alpha value is -1.22. The monoisotopic (exact) mass is 273 g/mol. The van der Waals surface area contributed by atoms with Crippen molar-refractivity contribution in [3.8, 4) is 0 Å². The highest BCUT2D eigenvalue weighted by molar-refractivity contribution is 5.59. The molecule has 0 bridgehead atoms. The summed E-state index contributed by atoms with van der Waals surface area (Å²) >= 11 is 0. The summed E-state index contributed by atoms with van der Waals surface area (Å²) in [6, 6.07) is 7.31. The van der Waals surface area contributed by atoms with Crippen molar-refractivity contribution in [1.82, 2.24) is 4.90 Å². The highest BCUT2D eigenvalue weighted by Crippen LogP contribution is 2.26. The van der Waals surface area contributed by atoms with E-state index < -0.39 is 0 Å². The van der Waals surface area contributed by atoms with Crippen LogP contribution in [0.2, 0.25) is 0 Å². The van der Waals surface area contributed by atoms with Crippen LogP contribution in [0, 0.1) is 6.92 Å². The van der Waals surface area contributed by atoms with Gasteiger partial charge in [-0.3, -0.25) is 0 Å². The van der Waals surface area contributed by atoms with Gasteiger partial charge in [-0.25, -0.2) is 0 Å². The van der Waals surface area contributed by atoms with E-state index in [2.05, 4.69) is 34.9 Å². The molecule has 2 fully saturated rings. The normalized spacial score (nSPS) is 22.1. The molecule has 0 radical (unpaired) electrons. The lowest BCUT2D eigenvalue weighted by Crippen LogP contribution is -2.46. The molecule has 110 valence electrons. The lowest BCUT2D eigenvalue weighted by molar-refractivity contribution is 0.141. The van der Waals surface area contributed by atoms with Crippen molar-refractivity contribution in [3.05, 3.63) is 23.8 Å². The number of nitrogen functional groups attached to an aromatic ring is 1. The molecule has 2 aliphatic rings. The summed E-state index contributed by atoms with van der Waals surface area (Å²) in [6.07, 6.45) is 6.82. The largest absolute Gasteiger partial charge is 0.398 e. The van der Waals surface area contributed by atoms with Gasteiger partial charge < -0.3 is 15.5 Å². The molecule has 0 spiro atoms. The fourth-order valence-corrected chi connectivity index (χ4v) is 3.60. The predicted molar refractivity (Wildman–Crippen MR) is 86.3 cm³/mol. The number of hydrogen-bond donors (Lipinski definition) is 1. The molecule has 2 N–H and O–H groups in total. The van der Waals surface area contributed by atoms with Crippen molar-refractivity contribution in [2.75, 3.05) is 36.8 Å². The fraction of sp³-hybridized carbons (Fsp3) is 0.647. The Balaban J connectivity index is 1.58. The van der Waals surface area contributed by atoms with Crippen LogP contribution in [0.1, 0.15) is 37.7 Å². The Labute approximate surface area is 122 Å². The van der Waals surface area contributed by atoms with E-state index in [1.165, 1.54) is 69.5 Å². The minimum Gasteiger partial charge on any atom is -0.398 e. The summed E-state index contributed by atoms with van der Waals surface area (Å²) in [5, 5.41) is 0. The molecule has 0 atom stereocenters. The van der Waals surface area contributed by atoms with Gasteiger partial charge in [0.1, 0.15) is 0 Å². The van der Waals surface area contributed by atoms with Gasteiger partial charge in [0.05, 0.1) is 0 Å². The molecule has 2 aliphatic heterocycles. The summed E-state index contributed by atoms with van der Waals surface area (Å²) in [4.78, 5) is 5.22. The molecular weight excluding hydrogens is 246 g/mol. The predicted octanol–water partition coefficient (Wildman–Crippen LogP) is 3.03. The van der Waals surface area contributed by atoms with Crippen molar-refractivity contribution in [1.29, 1.82) is 0 Å². The second-order valence-electron chi connectivity index (χ2n) is 6.36. The molecule has 1 aromatic carbocycles. The summed E-state index contributed by atoms with van der Waals surface area (Å²) in [6.45, 7) is 7.05. The summed E-state index contributed by atoms with van der Waals surface area (Å²) in [7, 11) is 0. The smallest absolute Gasteiger partial charge is 0.0387 e. The van der Waals surface area contributed by atoms with E-state index in [1.807, 2.05) is 0 Å². The van der Waals surface area contributed by atoms with Crippen LogP contribution in [0.5, 0.6) is 0 Å². The first-order valence-corrected chi connectivity index (χ1v) is 8.09. The van der Waals surface area contributed by atoms with Gasteiger partial charge in [-0.2, -0.15) is 0 Å². The number of aryl methyl sites for hydroxylation is 1. The van der Waals surface area contributed by atoms with E-state index in [-0.39, 0.29) is 0 Å². The van der Waals surface area contributed by atoms with Gasteiger partial charge in [-0.05, 0) is 63.4 Å². The number of rotatable bonds is 2. The molecule has 0 aromatic heterocycles. The van der Waals surface area contributed by atoms with Crippen LogP contribution in [-0.4, -0.2) is 37.1 Å². The van der Waals surface area contributed by atoms with E-state index in [1.54, 1.807) is 0 Å². The zero-order chi connectivity index (χ0) is 13.9. The molecule has 0 saturated carbocycles. The van der Waals surface area contributed by atoms with Gasteiger partial charge in [0.25, 0.3) is 0 Å². The Morgan fingerprint density at radius 3 is 2.35 bits per heavy atom. The highest BCUT2D eigenvalue weighted by Gasteiger charge is 2.25. The molecule has 1 aromatic rings. The van der Waals surface area contributed by atoms with Crippen LogP contribution in [0.25, 0.3) is 0 Å². The molecule has 0 aliphatic carbocycles. The van der Waals surface area contributed by atoms with Gasteiger partial charge in [0, 0.05) is 30.5 Å². The molecule has 20 heavy (non-hydrogen) atoms. The van der Waals surface area contributed by atoms with E-state index >= 15 is 0 Å². The second-order valence-corrected chi connectivity index (χ2v) is 6.36. The topological polar surface area (TPSA) is 32.5 Å². The number of piperidine rings is 2. The average molecular weight is 273 g/mol. The Morgan fingerprint density at radius 1 is 1.00 bits per heavy atom. The molecular formula is C17H27N3. The van der Waals surface area contributed by atoms with E-state index in [0.717, 1.165) is 11.7 Å². The van der Waals surface area contributed by atoms with Gasteiger partial charge in [0.2, 0.25) is 0 Å². The first-order valence-electron chi connectivity index (χ1n) is 8.09. The van der Waals surface area contributed by atoms with Crippen molar-refractivity contribution < 1.29 is 0 Å². The zero-order valence-corrected chi connectivity index (χ0v) is 12.6. The maximum atomic E-state index is 6.04. The minimum absolute atomic E-state index is 0.814. The number of nitrogens with two attached hydrogens (primary N) is 1. The molecule has 3 heteroatoms. The lowest BCUT2D eigenvalue weighted by atomic mass is 9.99. The SMILES string of the molecule is Cc1ccc(N2CCC(N3CCCCC3)CC2)cc1N. The Kier molecular flexibility index (Phi) is 4.16. The third kappa shape index (κ3) is 2.93. The second kappa shape index (κ2) is 6.04.